The number of methoxy groups -OCH3 is 1. The Balaban J connectivity index is 1.65. The average Bonchev–Trinajstić information content (AvgIpc) is 3.35. The van der Waals surface area contributed by atoms with Gasteiger partial charge in [0.1, 0.15) is 5.75 Å². The Labute approximate surface area is 208 Å². The number of ether oxygens (including phenoxy) is 1. The smallest absolute Gasteiger partial charge is 0.349 e. The van der Waals surface area contributed by atoms with E-state index in [1.807, 2.05) is 36.2 Å². The van der Waals surface area contributed by atoms with Gasteiger partial charge in [0, 0.05) is 17.5 Å². The van der Waals surface area contributed by atoms with Gasteiger partial charge < -0.3 is 14.7 Å². The molecule has 9 nitrogen and oxygen atoms in total. The second-order valence-corrected chi connectivity index (χ2v) is 9.33. The molecular weight excluding hydrogens is 456 g/mol. The minimum atomic E-state index is -0.498. The molecule has 2 unspecified atom stereocenters. The lowest BCUT2D eigenvalue weighted by molar-refractivity contribution is 0.199. The van der Waals surface area contributed by atoms with Crippen molar-refractivity contribution in [2.45, 2.75) is 44.7 Å². The maximum atomic E-state index is 13.4. The van der Waals surface area contributed by atoms with Gasteiger partial charge in [-0.2, -0.15) is 4.68 Å². The molecule has 0 radical (unpaired) electrons. The van der Waals surface area contributed by atoms with E-state index >= 15 is 0 Å². The number of hydrogen-bond donors (Lipinski definition) is 3. The summed E-state index contributed by atoms with van der Waals surface area (Å²) in [5, 5.41) is 7.65. The van der Waals surface area contributed by atoms with Gasteiger partial charge in [0.05, 0.1) is 26.0 Å². The van der Waals surface area contributed by atoms with E-state index in [1.165, 1.54) is 11.0 Å². The van der Waals surface area contributed by atoms with Crippen molar-refractivity contribution in [2.24, 2.45) is 0 Å². The van der Waals surface area contributed by atoms with Crippen molar-refractivity contribution < 1.29 is 4.74 Å². The third-order valence-electron chi connectivity index (χ3n) is 7.26. The summed E-state index contributed by atoms with van der Waals surface area (Å²) in [5.74, 6) is 6.86. The summed E-state index contributed by atoms with van der Waals surface area (Å²) in [6.45, 7) is 5.06. The van der Waals surface area contributed by atoms with E-state index in [2.05, 4.69) is 51.2 Å². The Bertz CT molecular complexity index is 1590. The molecule has 9 heteroatoms. The summed E-state index contributed by atoms with van der Waals surface area (Å²) in [7, 11) is 1.67. The number of fused-ring (bicyclic) bond motifs is 2. The lowest BCUT2D eigenvalue weighted by atomic mass is 9.79. The number of H-pyrrole nitrogens is 2. The lowest BCUT2D eigenvalue weighted by Crippen LogP contribution is -2.69. The molecule has 1 fully saturated rings. The molecule has 2 atom stereocenters. The number of imidazole rings is 1. The highest BCUT2D eigenvalue weighted by molar-refractivity contribution is 5.91. The van der Waals surface area contributed by atoms with E-state index in [-0.39, 0.29) is 17.2 Å². The Morgan fingerprint density at radius 3 is 2.81 bits per heavy atom. The van der Waals surface area contributed by atoms with Gasteiger partial charge in [-0.15, -0.1) is 5.92 Å². The molecular formula is C27H30N6O3. The van der Waals surface area contributed by atoms with E-state index in [1.54, 1.807) is 7.11 Å². The number of nitrogens with zero attached hydrogens (tertiary/aromatic N) is 3. The molecule has 0 amide bonds. The van der Waals surface area contributed by atoms with Gasteiger partial charge in [-0.05, 0) is 50.1 Å². The van der Waals surface area contributed by atoms with Crippen LogP contribution in [0.2, 0.25) is 0 Å². The molecule has 0 aliphatic carbocycles. The van der Waals surface area contributed by atoms with Gasteiger partial charge in [0.15, 0.2) is 11.2 Å². The fraction of sp³-hybridized carbons (Fsp3) is 0.370. The topological polar surface area (TPSA) is 108 Å². The minimum Gasteiger partial charge on any atom is -0.496 e. The third-order valence-corrected chi connectivity index (χ3v) is 7.26. The molecule has 1 aliphatic rings. The summed E-state index contributed by atoms with van der Waals surface area (Å²) < 4.78 is 6.83. The van der Waals surface area contributed by atoms with Crippen LogP contribution in [0.1, 0.15) is 32.3 Å². The number of aromatic amines is 2. The molecule has 0 spiro atoms. The van der Waals surface area contributed by atoms with Crippen molar-refractivity contribution in [3.05, 3.63) is 69.1 Å². The number of rotatable bonds is 6. The zero-order valence-corrected chi connectivity index (χ0v) is 20.7. The highest BCUT2D eigenvalue weighted by atomic mass is 16.5. The quantitative estimate of drug-likeness (QED) is 0.361. The van der Waals surface area contributed by atoms with Crippen molar-refractivity contribution in [3.63, 3.8) is 0 Å². The lowest BCUT2D eigenvalue weighted by Gasteiger charge is -2.49. The molecule has 3 N–H and O–H groups in total. The van der Waals surface area contributed by atoms with Crippen LogP contribution in [0.5, 0.6) is 5.75 Å². The monoisotopic (exact) mass is 486 g/mol. The predicted molar refractivity (Wildman–Crippen MR) is 141 cm³/mol. The van der Waals surface area contributed by atoms with Crippen LogP contribution < -0.4 is 26.3 Å². The molecule has 1 saturated heterocycles. The molecule has 2 aromatic heterocycles. The first kappa shape index (κ1) is 23.7. The zero-order valence-electron chi connectivity index (χ0n) is 20.7. The van der Waals surface area contributed by atoms with Gasteiger partial charge in [-0.25, -0.2) is 9.78 Å². The standard InChI is InChI=1S/C27H30N6O3/c1-4-5-14-30-27(2)13-8-15-32(33-25(34)23-24(29-17-28-23)31-26(33)35)22(27)16-18-11-12-21(36-3)20-10-7-6-9-19(18)20/h6-7,9-12,17,22,30H,8,13-16H2,1-3H3,(H,28,29)(H,31,35). The maximum absolute atomic E-state index is 13.4. The maximum Gasteiger partial charge on any atom is 0.349 e. The highest BCUT2D eigenvalue weighted by Crippen LogP contribution is 2.33. The summed E-state index contributed by atoms with van der Waals surface area (Å²) in [5.41, 5.74) is 0.341. The largest absolute Gasteiger partial charge is 0.496 e. The van der Waals surface area contributed by atoms with Crippen molar-refractivity contribution in [3.8, 4) is 17.6 Å². The fourth-order valence-electron chi connectivity index (χ4n) is 5.41. The molecule has 3 heterocycles. The van der Waals surface area contributed by atoms with Crippen LogP contribution in [-0.2, 0) is 6.42 Å². The van der Waals surface area contributed by atoms with Crippen LogP contribution >= 0.6 is 0 Å². The molecule has 0 bridgehead atoms. The van der Waals surface area contributed by atoms with E-state index in [0.29, 0.717) is 19.5 Å². The van der Waals surface area contributed by atoms with E-state index in [9.17, 15) is 9.59 Å². The van der Waals surface area contributed by atoms with Crippen LogP contribution in [-0.4, -0.2) is 51.4 Å². The Kier molecular flexibility index (Phi) is 6.29. The summed E-state index contributed by atoms with van der Waals surface area (Å²) in [6.07, 6.45) is 3.72. The molecule has 36 heavy (non-hydrogen) atoms. The van der Waals surface area contributed by atoms with E-state index in [0.717, 1.165) is 34.9 Å². The normalized spacial score (nSPS) is 19.9. The van der Waals surface area contributed by atoms with Crippen LogP contribution in [0.3, 0.4) is 0 Å². The van der Waals surface area contributed by atoms with E-state index in [4.69, 9.17) is 4.74 Å². The average molecular weight is 487 g/mol. The third kappa shape index (κ3) is 4.03. The van der Waals surface area contributed by atoms with Crippen molar-refractivity contribution in [1.82, 2.24) is 24.9 Å². The number of hydrogen-bond acceptors (Lipinski definition) is 6. The SMILES string of the molecule is CC#CCNC1(C)CCCN(n2c(=O)[nH]c3nc[nH]c3c2=O)C1Cc1ccc(OC)c2ccccc12. The van der Waals surface area contributed by atoms with Crippen LogP contribution in [0.4, 0.5) is 0 Å². The van der Waals surface area contributed by atoms with Crippen molar-refractivity contribution in [1.29, 1.82) is 0 Å². The number of nitrogens with one attached hydrogen (secondary N) is 3. The minimum absolute atomic E-state index is 0.208. The molecule has 1 aliphatic heterocycles. The fourth-order valence-corrected chi connectivity index (χ4v) is 5.41. The molecule has 0 saturated carbocycles. The van der Waals surface area contributed by atoms with Gasteiger partial charge in [-0.1, -0.05) is 36.3 Å². The first-order chi connectivity index (χ1) is 17.5. The Morgan fingerprint density at radius 1 is 1.22 bits per heavy atom. The Hall–Kier alpha value is -4.03. The summed E-state index contributed by atoms with van der Waals surface area (Å²) >= 11 is 0. The summed E-state index contributed by atoms with van der Waals surface area (Å²) in [6, 6.07) is 12.0. The molecule has 186 valence electrons. The molecule has 2 aromatic carbocycles. The zero-order chi connectivity index (χ0) is 25.3. The van der Waals surface area contributed by atoms with Gasteiger partial charge in [0.2, 0.25) is 0 Å². The molecule has 4 aromatic rings. The van der Waals surface area contributed by atoms with Crippen LogP contribution in [0.15, 0.2) is 52.3 Å². The van der Waals surface area contributed by atoms with Crippen molar-refractivity contribution in [2.75, 3.05) is 25.2 Å². The van der Waals surface area contributed by atoms with Crippen LogP contribution in [0.25, 0.3) is 21.9 Å². The first-order valence-electron chi connectivity index (χ1n) is 12.1. The second-order valence-electron chi connectivity index (χ2n) is 9.33. The Morgan fingerprint density at radius 2 is 2.03 bits per heavy atom. The molecule has 5 rings (SSSR count). The van der Waals surface area contributed by atoms with Gasteiger partial charge >= 0.3 is 11.2 Å². The predicted octanol–water partition coefficient (Wildman–Crippen LogP) is 2.29. The highest BCUT2D eigenvalue weighted by Gasteiger charge is 2.42. The van der Waals surface area contributed by atoms with Crippen molar-refractivity contribution >= 4 is 21.9 Å². The van der Waals surface area contributed by atoms with Gasteiger partial charge in [-0.3, -0.25) is 15.1 Å². The van der Waals surface area contributed by atoms with Crippen LogP contribution in [0, 0.1) is 11.8 Å². The van der Waals surface area contributed by atoms with E-state index < -0.39 is 16.8 Å². The first-order valence-corrected chi connectivity index (χ1v) is 12.1. The second kappa shape index (κ2) is 9.55. The van der Waals surface area contributed by atoms with Gasteiger partial charge in [0.25, 0.3) is 0 Å². The number of aromatic nitrogens is 4. The number of benzene rings is 2. The summed E-state index contributed by atoms with van der Waals surface area (Å²) in [4.78, 5) is 36.3. The number of piperidine rings is 1.